The topological polar surface area (TPSA) is 52.7 Å². The Balaban J connectivity index is 2.09. The van der Waals surface area contributed by atoms with Crippen molar-refractivity contribution in [2.24, 2.45) is 0 Å². The van der Waals surface area contributed by atoms with Crippen molar-refractivity contribution >= 4 is 21.6 Å². The molecular formula is C17H28ClN3O2S. The second-order valence-electron chi connectivity index (χ2n) is 6.43. The zero-order chi connectivity index (χ0) is 17.6. The molecular weight excluding hydrogens is 346 g/mol. The molecule has 1 heterocycles. The summed E-state index contributed by atoms with van der Waals surface area (Å²) in [7, 11) is -1.10. The highest BCUT2D eigenvalue weighted by Gasteiger charge is 2.25. The summed E-state index contributed by atoms with van der Waals surface area (Å²) in [6.07, 6.45) is 1.56. The van der Waals surface area contributed by atoms with Crippen LogP contribution in [0.5, 0.6) is 0 Å². The van der Waals surface area contributed by atoms with Gasteiger partial charge in [-0.25, -0.2) is 13.1 Å². The van der Waals surface area contributed by atoms with Gasteiger partial charge in [-0.15, -0.1) is 0 Å². The third kappa shape index (κ3) is 6.01. The van der Waals surface area contributed by atoms with Gasteiger partial charge in [0.1, 0.15) is 0 Å². The molecule has 1 atom stereocenters. The van der Waals surface area contributed by atoms with Gasteiger partial charge in [0.05, 0.1) is 5.75 Å². The molecule has 0 radical (unpaired) electrons. The van der Waals surface area contributed by atoms with Crippen LogP contribution in [-0.2, 0) is 10.0 Å². The Morgan fingerprint density at radius 3 is 2.38 bits per heavy atom. The van der Waals surface area contributed by atoms with Crippen LogP contribution in [0.3, 0.4) is 0 Å². The van der Waals surface area contributed by atoms with Gasteiger partial charge in [0.25, 0.3) is 0 Å². The van der Waals surface area contributed by atoms with Gasteiger partial charge in [0.2, 0.25) is 10.0 Å². The second kappa shape index (κ2) is 9.15. The molecule has 1 aliphatic heterocycles. The number of hydrogen-bond donors (Lipinski definition) is 1. The largest absolute Gasteiger partial charge is 0.304 e. The predicted octanol–water partition coefficient (Wildman–Crippen LogP) is 2.35. The average molecular weight is 374 g/mol. The molecule has 0 bridgehead atoms. The van der Waals surface area contributed by atoms with Crippen LogP contribution in [0.1, 0.15) is 31.4 Å². The summed E-state index contributed by atoms with van der Waals surface area (Å²) in [5, 5.41) is 0.694. The maximum atomic E-state index is 12.2. The summed E-state index contributed by atoms with van der Waals surface area (Å²) in [6.45, 7) is 6.24. The summed E-state index contributed by atoms with van der Waals surface area (Å²) in [4.78, 5) is 4.65. The lowest BCUT2D eigenvalue weighted by molar-refractivity contribution is 0.113. The van der Waals surface area contributed by atoms with Gasteiger partial charge in [-0.1, -0.05) is 37.1 Å². The molecule has 1 aliphatic rings. The number of sulfonamides is 1. The number of hydrogen-bond acceptors (Lipinski definition) is 4. The minimum atomic E-state index is -3.22. The van der Waals surface area contributed by atoms with Gasteiger partial charge in [0, 0.05) is 43.8 Å². The molecule has 136 valence electrons. The molecule has 5 nitrogen and oxygen atoms in total. The van der Waals surface area contributed by atoms with E-state index in [1.807, 2.05) is 31.2 Å². The Labute approximate surface area is 151 Å². The van der Waals surface area contributed by atoms with E-state index in [1.54, 1.807) is 0 Å². The van der Waals surface area contributed by atoms with Crippen molar-refractivity contribution in [1.82, 2.24) is 14.5 Å². The van der Waals surface area contributed by atoms with Crippen LogP contribution >= 0.6 is 11.6 Å². The van der Waals surface area contributed by atoms with E-state index in [2.05, 4.69) is 21.6 Å². The van der Waals surface area contributed by atoms with E-state index in [4.69, 9.17) is 11.6 Å². The molecule has 0 aromatic heterocycles. The Morgan fingerprint density at radius 1 is 1.17 bits per heavy atom. The fourth-order valence-corrected chi connectivity index (χ4v) is 4.24. The number of halogens is 1. The molecule has 1 unspecified atom stereocenters. The van der Waals surface area contributed by atoms with Gasteiger partial charge in [-0.3, -0.25) is 4.90 Å². The first-order chi connectivity index (χ1) is 11.4. The van der Waals surface area contributed by atoms with Crippen molar-refractivity contribution in [3.8, 4) is 0 Å². The van der Waals surface area contributed by atoms with Gasteiger partial charge in [-0.2, -0.15) is 0 Å². The molecule has 7 heteroatoms. The Kier molecular flexibility index (Phi) is 7.50. The lowest BCUT2D eigenvalue weighted by atomic mass is 10.0. The highest BCUT2D eigenvalue weighted by molar-refractivity contribution is 7.89. The van der Waals surface area contributed by atoms with Crippen LogP contribution in [-0.4, -0.2) is 63.7 Å². The van der Waals surface area contributed by atoms with Crippen LogP contribution in [0.2, 0.25) is 5.02 Å². The zero-order valence-corrected chi connectivity index (χ0v) is 16.1. The normalized spacial score (nSPS) is 18.6. The van der Waals surface area contributed by atoms with Crippen molar-refractivity contribution in [1.29, 1.82) is 0 Å². The third-order valence-electron chi connectivity index (χ3n) is 4.50. The molecule has 1 N–H and O–H groups in total. The maximum absolute atomic E-state index is 12.2. The van der Waals surface area contributed by atoms with E-state index in [1.165, 1.54) is 0 Å². The molecule has 1 saturated heterocycles. The molecule has 0 spiro atoms. The zero-order valence-electron chi connectivity index (χ0n) is 14.5. The van der Waals surface area contributed by atoms with Crippen LogP contribution in [0, 0.1) is 0 Å². The van der Waals surface area contributed by atoms with E-state index >= 15 is 0 Å². The van der Waals surface area contributed by atoms with E-state index in [-0.39, 0.29) is 11.8 Å². The fourth-order valence-electron chi connectivity index (χ4n) is 2.89. The molecule has 0 amide bonds. The molecule has 1 fully saturated rings. The number of benzene rings is 1. The minimum absolute atomic E-state index is 0.0346. The van der Waals surface area contributed by atoms with E-state index in [0.717, 1.165) is 38.2 Å². The summed E-state index contributed by atoms with van der Waals surface area (Å²) in [5.74, 6) is 0.194. The standard InChI is InChI=1S/C17H28ClN3O2S/c1-3-4-13-24(22,23)19-14-17(15-5-7-16(18)8-6-15)21-11-9-20(2)10-12-21/h5-8,17,19H,3-4,9-14H2,1-2H3. The number of piperazine rings is 1. The molecule has 0 aliphatic carbocycles. The molecule has 2 rings (SSSR count). The van der Waals surface area contributed by atoms with Gasteiger partial charge in [0.15, 0.2) is 0 Å². The van der Waals surface area contributed by atoms with Crippen molar-refractivity contribution < 1.29 is 8.42 Å². The third-order valence-corrected chi connectivity index (χ3v) is 6.18. The summed E-state index contributed by atoms with van der Waals surface area (Å²) < 4.78 is 27.1. The predicted molar refractivity (Wildman–Crippen MR) is 100.0 cm³/mol. The number of unbranched alkanes of at least 4 members (excludes halogenated alkanes) is 1. The number of rotatable bonds is 8. The summed E-state index contributed by atoms with van der Waals surface area (Å²) in [5.41, 5.74) is 1.10. The van der Waals surface area contributed by atoms with Gasteiger partial charge < -0.3 is 4.90 Å². The number of nitrogens with zero attached hydrogens (tertiary/aromatic N) is 2. The van der Waals surface area contributed by atoms with Crippen molar-refractivity contribution in [3.63, 3.8) is 0 Å². The quantitative estimate of drug-likeness (QED) is 0.760. The van der Waals surface area contributed by atoms with Gasteiger partial charge >= 0.3 is 0 Å². The average Bonchev–Trinajstić information content (AvgIpc) is 2.56. The monoisotopic (exact) mass is 373 g/mol. The first kappa shape index (κ1) is 19.7. The SMILES string of the molecule is CCCCS(=O)(=O)NCC(c1ccc(Cl)cc1)N1CCN(C)CC1. The lowest BCUT2D eigenvalue weighted by Gasteiger charge is -2.38. The Bertz CT molecular complexity index is 599. The fraction of sp³-hybridized carbons (Fsp3) is 0.647. The number of nitrogens with one attached hydrogen (secondary N) is 1. The van der Waals surface area contributed by atoms with Crippen LogP contribution in [0.4, 0.5) is 0 Å². The first-order valence-electron chi connectivity index (χ1n) is 8.56. The van der Waals surface area contributed by atoms with E-state index in [0.29, 0.717) is 18.0 Å². The molecule has 0 saturated carbocycles. The summed E-state index contributed by atoms with van der Waals surface area (Å²) >= 11 is 6.00. The number of likely N-dealkylation sites (N-methyl/N-ethyl adjacent to an activating group) is 1. The highest BCUT2D eigenvalue weighted by Crippen LogP contribution is 2.23. The van der Waals surface area contributed by atoms with Gasteiger partial charge in [-0.05, 0) is 31.2 Å². The van der Waals surface area contributed by atoms with E-state index in [9.17, 15) is 8.42 Å². The van der Waals surface area contributed by atoms with Crippen LogP contribution in [0.15, 0.2) is 24.3 Å². The van der Waals surface area contributed by atoms with Crippen molar-refractivity contribution in [3.05, 3.63) is 34.9 Å². The molecule has 1 aromatic carbocycles. The minimum Gasteiger partial charge on any atom is -0.304 e. The van der Waals surface area contributed by atoms with Crippen LogP contribution in [0.25, 0.3) is 0 Å². The Hall–Kier alpha value is -0.660. The second-order valence-corrected chi connectivity index (χ2v) is 8.79. The molecule has 24 heavy (non-hydrogen) atoms. The van der Waals surface area contributed by atoms with Crippen LogP contribution < -0.4 is 4.72 Å². The lowest BCUT2D eigenvalue weighted by Crippen LogP contribution is -2.48. The van der Waals surface area contributed by atoms with E-state index < -0.39 is 10.0 Å². The van der Waals surface area contributed by atoms with Crippen molar-refractivity contribution in [2.45, 2.75) is 25.8 Å². The highest BCUT2D eigenvalue weighted by atomic mass is 35.5. The Morgan fingerprint density at radius 2 is 1.79 bits per heavy atom. The maximum Gasteiger partial charge on any atom is 0.211 e. The summed E-state index contributed by atoms with van der Waals surface area (Å²) in [6, 6.07) is 7.75. The van der Waals surface area contributed by atoms with Crippen molar-refractivity contribution in [2.75, 3.05) is 45.5 Å². The molecule has 1 aromatic rings. The first-order valence-corrected chi connectivity index (χ1v) is 10.6. The smallest absolute Gasteiger partial charge is 0.211 e.